The summed E-state index contributed by atoms with van der Waals surface area (Å²) in [6, 6.07) is 0. The summed E-state index contributed by atoms with van der Waals surface area (Å²) in [5, 5.41) is 28.6. The van der Waals surface area contributed by atoms with Crippen LogP contribution in [-0.2, 0) is 20.4 Å². The van der Waals surface area contributed by atoms with Crippen LogP contribution in [0.1, 0.15) is 90.0 Å². The van der Waals surface area contributed by atoms with E-state index in [9.17, 15) is 15.3 Å². The van der Waals surface area contributed by atoms with Gasteiger partial charge in [-0.2, -0.15) is 0 Å². The third kappa shape index (κ3) is 25.5. The molecular formula is C25H46O3Ti. The Labute approximate surface area is 194 Å². The van der Waals surface area contributed by atoms with Crippen LogP contribution in [0.15, 0.2) is 44.9 Å². The average Bonchev–Trinajstić information content (AvgIpc) is 2.67. The van der Waals surface area contributed by atoms with Crippen LogP contribution in [0.3, 0.4) is 0 Å². The quantitative estimate of drug-likeness (QED) is 0.441. The summed E-state index contributed by atoms with van der Waals surface area (Å²) in [5.41, 5.74) is 4.83. The van der Waals surface area contributed by atoms with E-state index in [1.54, 1.807) is 41.5 Å². The first-order chi connectivity index (χ1) is 13.0. The Hall–Kier alpha value is -0.446. The molecule has 0 aliphatic heterocycles. The Balaban J connectivity index is -0.000000149. The van der Waals surface area contributed by atoms with E-state index < -0.39 is 18.3 Å². The molecule has 0 heterocycles. The fourth-order valence-electron chi connectivity index (χ4n) is 1.82. The van der Waals surface area contributed by atoms with E-state index in [1.807, 2.05) is 38.2 Å². The van der Waals surface area contributed by atoms with Crippen LogP contribution in [0.25, 0.3) is 0 Å². The van der Waals surface area contributed by atoms with Gasteiger partial charge < -0.3 is 15.3 Å². The van der Waals surface area contributed by atoms with E-state index in [1.165, 1.54) is 20.6 Å². The van der Waals surface area contributed by atoms with E-state index in [0.717, 1.165) is 0 Å². The second-order valence-electron chi connectivity index (χ2n) is 8.07. The number of hydrogen-bond acceptors (Lipinski definition) is 3. The van der Waals surface area contributed by atoms with E-state index in [-0.39, 0.29) is 0 Å². The smallest absolute Gasteiger partial charge is 0.0467 e. The summed E-state index contributed by atoms with van der Waals surface area (Å²) in [6.45, 7) is 25.0. The zero-order valence-corrected chi connectivity index (χ0v) is 22.8. The molecule has 0 saturated heterocycles. The van der Waals surface area contributed by atoms with Crippen molar-refractivity contribution in [2.75, 3.05) is 0 Å². The van der Waals surface area contributed by atoms with Crippen molar-refractivity contribution >= 4 is 0 Å². The molecule has 0 aromatic rings. The van der Waals surface area contributed by atoms with Gasteiger partial charge in [0.2, 0.25) is 0 Å². The van der Waals surface area contributed by atoms with E-state index in [4.69, 9.17) is 0 Å². The molecule has 29 heavy (non-hydrogen) atoms. The molecule has 0 N–H and O–H groups in total. The monoisotopic (exact) mass is 442 g/mol. The third-order valence-electron chi connectivity index (χ3n) is 3.56. The van der Waals surface area contributed by atoms with Crippen molar-refractivity contribution < 1.29 is 35.8 Å². The fraction of sp³-hybridized carbons (Fsp3) is 0.680. The molecule has 0 aromatic heterocycles. The summed E-state index contributed by atoms with van der Waals surface area (Å²) in [5.74, 6) is 0. The molecule has 4 heteroatoms. The van der Waals surface area contributed by atoms with Gasteiger partial charge >= 0.3 is 81.1 Å². The molecule has 168 valence electrons. The zero-order chi connectivity index (χ0) is 24.4. The molecule has 0 unspecified atom stereocenters. The summed E-state index contributed by atoms with van der Waals surface area (Å²) in [7, 11) is 0. The molecule has 0 aromatic carbocycles. The van der Waals surface area contributed by atoms with Crippen LogP contribution in [0.5, 0.6) is 0 Å². The molecule has 0 radical (unpaired) electrons. The molecule has 3 nitrogen and oxygen atoms in total. The van der Waals surface area contributed by atoms with Crippen LogP contribution in [-0.4, -0.2) is 18.3 Å². The molecule has 1 aliphatic carbocycles. The van der Waals surface area contributed by atoms with Gasteiger partial charge in [0.05, 0.1) is 0 Å². The van der Waals surface area contributed by atoms with Gasteiger partial charge in [-0.3, -0.25) is 0 Å². The minimum Gasteiger partial charge on any atom is -0.0877 e. The Kier molecular flexibility index (Phi) is 25.8. The molecule has 0 saturated carbocycles. The Morgan fingerprint density at radius 2 is 0.931 bits per heavy atom. The van der Waals surface area contributed by atoms with Crippen LogP contribution >= 0.6 is 0 Å². The first-order valence-electron chi connectivity index (χ1n) is 10.3. The first kappa shape index (κ1) is 36.0. The van der Waals surface area contributed by atoms with Crippen molar-refractivity contribution in [3.8, 4) is 0 Å². The SMILES string of the molecule is CC(C)[O-].CC(C)[O-].CC(C)[O-].CC1=C(C)C(C)(C)[C]([Ti+3])=C1C.CC=CC=CC. The average molecular weight is 443 g/mol. The van der Waals surface area contributed by atoms with E-state index >= 15 is 0 Å². The first-order valence-corrected chi connectivity index (χ1v) is 11.1. The van der Waals surface area contributed by atoms with Crippen LogP contribution in [0, 0.1) is 5.41 Å². The number of rotatable bonds is 1. The van der Waals surface area contributed by atoms with Gasteiger partial charge in [0.15, 0.2) is 0 Å². The second-order valence-corrected chi connectivity index (χ2v) is 8.85. The molecular weight excluding hydrogens is 396 g/mol. The standard InChI is InChI=1S/C10H15.C6H10.3C3H7O.Ti/c1-7-6-10(4,5)9(3)8(7)2;1-3-5-6-4-2;3*1-3(2)4;/h1-5H3;3-6H,1-2H3;3*3H,1-2H3;/q;;3*-1;+3. The van der Waals surface area contributed by atoms with Crippen LogP contribution in [0.2, 0.25) is 0 Å². The largest absolute Gasteiger partial charge is 0.0877 e. The van der Waals surface area contributed by atoms with E-state index in [2.05, 4.69) is 55.1 Å². The van der Waals surface area contributed by atoms with Crippen molar-refractivity contribution in [3.63, 3.8) is 0 Å². The molecule has 0 bridgehead atoms. The number of allylic oxidation sites excluding steroid dienone is 8. The maximum absolute atomic E-state index is 9.53. The van der Waals surface area contributed by atoms with Gasteiger partial charge in [0.25, 0.3) is 0 Å². The van der Waals surface area contributed by atoms with Gasteiger partial charge in [0.1, 0.15) is 0 Å². The van der Waals surface area contributed by atoms with Crippen molar-refractivity contribution in [2.45, 2.75) is 108 Å². The van der Waals surface area contributed by atoms with E-state index in [0.29, 0.717) is 5.41 Å². The van der Waals surface area contributed by atoms with Crippen LogP contribution < -0.4 is 15.3 Å². The molecule has 1 rings (SSSR count). The summed E-state index contributed by atoms with van der Waals surface area (Å²) in [6.07, 6.45) is 6.75. The van der Waals surface area contributed by atoms with Gasteiger partial charge in [0, 0.05) is 0 Å². The van der Waals surface area contributed by atoms with Crippen LogP contribution in [0.4, 0.5) is 0 Å². The predicted octanol–water partition coefficient (Wildman–Crippen LogP) is 4.59. The molecule has 1 aliphatic rings. The number of hydrogen-bond donors (Lipinski definition) is 0. The van der Waals surface area contributed by atoms with Gasteiger partial charge in [-0.1, -0.05) is 65.8 Å². The zero-order valence-electron chi connectivity index (χ0n) is 21.3. The molecule has 0 spiro atoms. The Bertz CT molecular complexity index is 450. The van der Waals surface area contributed by atoms with Crippen molar-refractivity contribution in [2.24, 2.45) is 5.41 Å². The normalized spacial score (nSPS) is 15.1. The predicted molar refractivity (Wildman–Crippen MR) is 120 cm³/mol. The third-order valence-corrected chi connectivity index (χ3v) is 5.12. The molecule has 0 amide bonds. The van der Waals surface area contributed by atoms with Crippen molar-refractivity contribution in [3.05, 3.63) is 44.9 Å². The summed E-state index contributed by atoms with van der Waals surface area (Å²) in [4.78, 5) is 0. The second kappa shape index (κ2) is 20.8. The van der Waals surface area contributed by atoms with Gasteiger partial charge in [-0.25, -0.2) is 0 Å². The Morgan fingerprint density at radius 3 is 1.00 bits per heavy atom. The topological polar surface area (TPSA) is 69.2 Å². The Morgan fingerprint density at radius 1 is 0.690 bits per heavy atom. The summed E-state index contributed by atoms with van der Waals surface area (Å²) < 4.78 is 1.53. The maximum atomic E-state index is 9.53. The maximum Gasteiger partial charge on any atom is -0.0467 e. The molecule has 0 atom stereocenters. The molecule has 0 fully saturated rings. The fourth-order valence-corrected chi connectivity index (χ4v) is 2.40. The minimum atomic E-state index is -0.417. The van der Waals surface area contributed by atoms with Crippen molar-refractivity contribution in [1.29, 1.82) is 0 Å². The van der Waals surface area contributed by atoms with Gasteiger partial charge in [-0.05, 0) is 13.8 Å². The summed E-state index contributed by atoms with van der Waals surface area (Å²) >= 11 is 2.25. The van der Waals surface area contributed by atoms with Crippen molar-refractivity contribution in [1.82, 2.24) is 0 Å². The minimum absolute atomic E-state index is 0.314. The van der Waals surface area contributed by atoms with Gasteiger partial charge in [-0.15, -0.1) is 18.3 Å².